The van der Waals surface area contributed by atoms with Gasteiger partial charge < -0.3 is 15.3 Å². The van der Waals surface area contributed by atoms with Crippen molar-refractivity contribution < 1.29 is 14.7 Å². The van der Waals surface area contributed by atoms with Gasteiger partial charge in [-0.1, -0.05) is 20.8 Å². The maximum Gasteiger partial charge on any atom is 0.325 e. The summed E-state index contributed by atoms with van der Waals surface area (Å²) in [5.41, 5.74) is 2.88. The average Bonchev–Trinajstić information content (AvgIpc) is 3.32. The molecule has 0 aliphatic heterocycles. The van der Waals surface area contributed by atoms with Gasteiger partial charge in [-0.05, 0) is 59.9 Å². The number of nitrogens with zero attached hydrogens (tertiary/aromatic N) is 3. The molecule has 3 rings (SSSR count). The average molecular weight is 523 g/mol. The molecule has 0 aliphatic carbocycles. The summed E-state index contributed by atoms with van der Waals surface area (Å²) in [5.74, 6) is 0.00278. The maximum absolute atomic E-state index is 12.7. The van der Waals surface area contributed by atoms with Gasteiger partial charge in [0.2, 0.25) is 5.91 Å². The van der Waals surface area contributed by atoms with E-state index in [2.05, 4.69) is 25.9 Å². The van der Waals surface area contributed by atoms with Crippen LogP contribution in [0.4, 0.5) is 26.9 Å². The molecule has 1 aromatic carbocycles. The molecule has 0 bridgehead atoms. The number of aliphatic hydroxyl groups excluding tert-OH is 1. The van der Waals surface area contributed by atoms with Crippen LogP contribution >= 0.6 is 11.3 Å². The lowest BCUT2D eigenvalue weighted by Gasteiger charge is -2.24. The lowest BCUT2D eigenvalue weighted by Crippen LogP contribution is -2.29. The third-order valence-corrected chi connectivity index (χ3v) is 6.33. The number of anilines is 3. The normalized spacial score (nSPS) is 11.4. The smallest absolute Gasteiger partial charge is 0.325 e. The summed E-state index contributed by atoms with van der Waals surface area (Å²) < 4.78 is 0. The van der Waals surface area contributed by atoms with Gasteiger partial charge in [-0.15, -0.1) is 11.3 Å². The van der Waals surface area contributed by atoms with E-state index < -0.39 is 6.03 Å². The van der Waals surface area contributed by atoms with Crippen molar-refractivity contribution in [3.05, 3.63) is 54.9 Å². The fourth-order valence-corrected chi connectivity index (χ4v) is 4.29. The van der Waals surface area contributed by atoms with Crippen LogP contribution < -0.4 is 20.9 Å². The first-order valence-corrected chi connectivity index (χ1v) is 12.8. The molecule has 196 valence electrons. The van der Waals surface area contributed by atoms with Gasteiger partial charge in [0.15, 0.2) is 0 Å². The third-order valence-electron chi connectivity index (χ3n) is 5.28. The summed E-state index contributed by atoms with van der Waals surface area (Å²) in [6, 6.07) is 12.7. The minimum atomic E-state index is -0.421. The van der Waals surface area contributed by atoms with E-state index in [0.29, 0.717) is 35.8 Å². The zero-order valence-electron chi connectivity index (χ0n) is 21.6. The molecule has 0 saturated heterocycles. The quantitative estimate of drug-likeness (QED) is 0.160. The van der Waals surface area contributed by atoms with Gasteiger partial charge in [0.05, 0.1) is 22.7 Å². The predicted octanol–water partition coefficient (Wildman–Crippen LogP) is 5.48. The van der Waals surface area contributed by atoms with Crippen LogP contribution in [-0.4, -0.2) is 48.6 Å². The molecule has 0 atom stereocenters. The minimum Gasteiger partial charge on any atom is -0.396 e. The number of rotatable bonds is 10. The Kier molecular flexibility index (Phi) is 9.76. The van der Waals surface area contributed by atoms with Gasteiger partial charge in [-0.2, -0.15) is 0 Å². The van der Waals surface area contributed by atoms with Crippen LogP contribution in [0.2, 0.25) is 0 Å². The second kappa shape index (κ2) is 13.0. The zero-order valence-corrected chi connectivity index (χ0v) is 22.4. The van der Waals surface area contributed by atoms with E-state index in [0.717, 1.165) is 16.1 Å². The molecule has 4 N–H and O–H groups in total. The molecule has 2 heterocycles. The Balaban J connectivity index is 1.69. The summed E-state index contributed by atoms with van der Waals surface area (Å²) in [6.45, 7) is 6.70. The fraction of sp³-hybridized carbons (Fsp3) is 0.333. The Hall–Kier alpha value is -3.76. The molecule has 0 fully saturated rings. The molecule has 2 aromatic heterocycles. The van der Waals surface area contributed by atoms with Crippen molar-refractivity contribution in [2.45, 2.75) is 33.6 Å². The maximum atomic E-state index is 12.7. The molecule has 0 saturated carbocycles. The lowest BCUT2D eigenvalue weighted by molar-refractivity contribution is -0.120. The number of urea groups is 1. The molecule has 3 aromatic rings. The number of pyridine rings is 1. The summed E-state index contributed by atoms with van der Waals surface area (Å²) in [5, 5.41) is 18.5. The first-order valence-electron chi connectivity index (χ1n) is 12.0. The topological polar surface area (TPSA) is 119 Å². The summed E-state index contributed by atoms with van der Waals surface area (Å²) >= 11 is 1.46. The number of aliphatic imine (C=N–C) groups is 1. The highest BCUT2D eigenvalue weighted by Crippen LogP contribution is 2.32. The van der Waals surface area contributed by atoms with Crippen molar-refractivity contribution in [1.29, 1.82) is 0 Å². The van der Waals surface area contributed by atoms with Gasteiger partial charge in [0.1, 0.15) is 0 Å². The number of hydrogen-bond donors (Lipinski definition) is 4. The van der Waals surface area contributed by atoms with Crippen molar-refractivity contribution in [1.82, 2.24) is 10.3 Å². The number of carbonyl (C=O) groups is 2. The molecule has 0 aliphatic rings. The molecule has 0 radical (unpaired) electrons. The highest BCUT2D eigenvalue weighted by molar-refractivity contribution is 7.19. The SMILES string of the molecule is CN(C(=O)CC(C)(C)C)c1ccc(NCCCO)c(N=CNC(=O)Nc2ccc(-c3ccncc3)s2)c1. The number of nitrogens with one attached hydrogen (secondary N) is 3. The van der Waals surface area contributed by atoms with E-state index in [4.69, 9.17) is 5.11 Å². The summed E-state index contributed by atoms with van der Waals surface area (Å²) in [4.78, 5) is 36.2. The Morgan fingerprint density at radius 2 is 1.89 bits per heavy atom. The van der Waals surface area contributed by atoms with Crippen molar-refractivity contribution in [3.8, 4) is 10.4 Å². The van der Waals surface area contributed by atoms with E-state index in [1.807, 2.05) is 57.2 Å². The first kappa shape index (κ1) is 27.8. The molecule has 10 heteroatoms. The van der Waals surface area contributed by atoms with Gasteiger partial charge in [-0.25, -0.2) is 9.79 Å². The molecule has 37 heavy (non-hydrogen) atoms. The van der Waals surface area contributed by atoms with Crippen molar-refractivity contribution in [2.24, 2.45) is 10.4 Å². The third kappa shape index (κ3) is 8.69. The number of hydrogen-bond acceptors (Lipinski definition) is 7. The van der Waals surface area contributed by atoms with Crippen molar-refractivity contribution in [3.63, 3.8) is 0 Å². The molecular weight excluding hydrogens is 488 g/mol. The highest BCUT2D eigenvalue weighted by Gasteiger charge is 2.20. The first-order chi connectivity index (χ1) is 17.7. The number of thiophene rings is 1. The van der Waals surface area contributed by atoms with E-state index in [-0.39, 0.29) is 17.9 Å². The molecule has 0 spiro atoms. The van der Waals surface area contributed by atoms with Crippen LogP contribution in [0.25, 0.3) is 10.4 Å². The van der Waals surface area contributed by atoms with Crippen LogP contribution in [0.5, 0.6) is 0 Å². The minimum absolute atomic E-state index is 0.00278. The highest BCUT2D eigenvalue weighted by atomic mass is 32.1. The van der Waals surface area contributed by atoms with Crippen LogP contribution in [0.15, 0.2) is 59.9 Å². The Morgan fingerprint density at radius 1 is 1.14 bits per heavy atom. The number of aliphatic hydroxyl groups is 1. The Labute approximate surface area is 221 Å². The molecular formula is C27H34N6O3S. The Bertz CT molecular complexity index is 1220. The predicted molar refractivity (Wildman–Crippen MR) is 152 cm³/mol. The molecule has 3 amide bonds. The second-order valence-corrected chi connectivity index (χ2v) is 10.7. The molecule has 0 unspecified atom stereocenters. The van der Waals surface area contributed by atoms with Gasteiger partial charge in [-0.3, -0.25) is 20.4 Å². The zero-order chi connectivity index (χ0) is 26.8. The van der Waals surface area contributed by atoms with Crippen molar-refractivity contribution >= 4 is 51.7 Å². The summed E-state index contributed by atoms with van der Waals surface area (Å²) in [6.07, 6.45) is 5.76. The van der Waals surface area contributed by atoms with E-state index in [1.165, 1.54) is 17.7 Å². The summed E-state index contributed by atoms with van der Waals surface area (Å²) in [7, 11) is 1.74. The Morgan fingerprint density at radius 3 is 2.59 bits per heavy atom. The molecule has 9 nitrogen and oxygen atoms in total. The van der Waals surface area contributed by atoms with Crippen LogP contribution in [0, 0.1) is 5.41 Å². The van der Waals surface area contributed by atoms with Crippen molar-refractivity contribution in [2.75, 3.05) is 35.7 Å². The number of carbonyl (C=O) groups excluding carboxylic acids is 2. The number of aromatic nitrogens is 1. The van der Waals surface area contributed by atoms with Crippen LogP contribution in [0.3, 0.4) is 0 Å². The monoisotopic (exact) mass is 522 g/mol. The van der Waals surface area contributed by atoms with Crippen LogP contribution in [0.1, 0.15) is 33.6 Å². The van der Waals surface area contributed by atoms with E-state index in [1.54, 1.807) is 30.4 Å². The number of benzene rings is 1. The lowest BCUT2D eigenvalue weighted by atomic mass is 9.91. The van der Waals surface area contributed by atoms with Gasteiger partial charge in [0, 0.05) is 49.6 Å². The van der Waals surface area contributed by atoms with E-state index in [9.17, 15) is 9.59 Å². The van der Waals surface area contributed by atoms with E-state index >= 15 is 0 Å². The standard InChI is InChI=1S/C27H34N6O3S/c1-27(2,3)17-25(35)33(4)20-6-7-21(29-12-5-15-34)22(16-20)30-18-31-26(36)32-24-9-8-23(37-24)19-10-13-28-14-11-19/h6-11,13-14,16,18,29,34H,5,12,15,17H2,1-4H3,(H2,30,31,32,36). The van der Waals surface area contributed by atoms with Gasteiger partial charge in [0.25, 0.3) is 0 Å². The van der Waals surface area contributed by atoms with Crippen LogP contribution in [-0.2, 0) is 4.79 Å². The van der Waals surface area contributed by atoms with Gasteiger partial charge >= 0.3 is 6.03 Å². The number of amides is 3. The largest absolute Gasteiger partial charge is 0.396 e. The second-order valence-electron chi connectivity index (χ2n) is 9.65. The fourth-order valence-electron chi connectivity index (χ4n) is 3.39.